The number of anilines is 1. The minimum Gasteiger partial charge on any atom is -0.495 e. The van der Waals surface area contributed by atoms with Gasteiger partial charge in [0.25, 0.3) is 0 Å². The normalized spacial score (nSPS) is 11.2. The lowest BCUT2D eigenvalue weighted by molar-refractivity contribution is -0.113. The summed E-state index contributed by atoms with van der Waals surface area (Å²) in [6.45, 7) is 0. The van der Waals surface area contributed by atoms with Crippen molar-refractivity contribution in [2.75, 3.05) is 24.0 Å². The van der Waals surface area contributed by atoms with Gasteiger partial charge in [-0.1, -0.05) is 36.0 Å². The van der Waals surface area contributed by atoms with Crippen molar-refractivity contribution in [3.63, 3.8) is 0 Å². The Morgan fingerprint density at radius 3 is 2.78 bits per heavy atom. The summed E-state index contributed by atoms with van der Waals surface area (Å²) < 4.78 is 12.7. The van der Waals surface area contributed by atoms with Crippen molar-refractivity contribution in [2.24, 2.45) is 0 Å². The number of carbonyl (C=O) groups is 1. The van der Waals surface area contributed by atoms with E-state index in [1.54, 1.807) is 31.5 Å². The number of ether oxygens (including phenoxy) is 1. The molecule has 0 fully saturated rings. The van der Waals surface area contributed by atoms with E-state index in [9.17, 15) is 4.79 Å². The number of nitrogen functional groups attached to an aromatic ring is 1. The minimum absolute atomic E-state index is 0.0822. The lowest BCUT2D eigenvalue weighted by Gasteiger charge is -2.10. The van der Waals surface area contributed by atoms with E-state index in [4.69, 9.17) is 15.0 Å². The summed E-state index contributed by atoms with van der Waals surface area (Å²) in [5.74, 6) is 6.89. The molecule has 0 saturated carbocycles. The van der Waals surface area contributed by atoms with Crippen LogP contribution in [0.25, 0.3) is 33.5 Å². The smallest absolute Gasteiger partial charge is 0.234 e. The Morgan fingerprint density at radius 2 is 1.97 bits per heavy atom. The molecule has 10 heteroatoms. The Balaban J connectivity index is 1.33. The molecule has 9 nitrogen and oxygen atoms in total. The van der Waals surface area contributed by atoms with Crippen molar-refractivity contribution >= 4 is 45.3 Å². The number of aromatic nitrogens is 4. The van der Waals surface area contributed by atoms with Gasteiger partial charge in [-0.05, 0) is 24.3 Å². The number of methoxy groups -OCH3 is 1. The van der Waals surface area contributed by atoms with Crippen LogP contribution >= 0.6 is 11.8 Å². The zero-order chi connectivity index (χ0) is 22.1. The molecule has 5 rings (SSSR count). The van der Waals surface area contributed by atoms with Gasteiger partial charge in [-0.3, -0.25) is 9.78 Å². The molecule has 3 N–H and O–H groups in total. The van der Waals surface area contributed by atoms with Gasteiger partial charge in [-0.15, -0.1) is 10.2 Å². The number of nitrogens with two attached hydrogens (primary N) is 1. The monoisotopic (exact) mass is 446 g/mol. The summed E-state index contributed by atoms with van der Waals surface area (Å²) in [4.78, 5) is 16.8. The maximum atomic E-state index is 12.6. The van der Waals surface area contributed by atoms with Crippen LogP contribution in [0.4, 0.5) is 5.69 Å². The number of amides is 1. The van der Waals surface area contributed by atoms with Crippen LogP contribution in [0.1, 0.15) is 0 Å². The van der Waals surface area contributed by atoms with Crippen molar-refractivity contribution in [1.29, 1.82) is 0 Å². The van der Waals surface area contributed by atoms with Crippen LogP contribution in [0, 0.1) is 0 Å². The summed E-state index contributed by atoms with van der Waals surface area (Å²) in [7, 11) is 1.56. The number of thioether (sulfide) groups is 1. The molecule has 3 aromatic heterocycles. The highest BCUT2D eigenvalue weighted by molar-refractivity contribution is 7.99. The Labute approximate surface area is 186 Å². The topological polar surface area (TPSA) is 121 Å². The van der Waals surface area contributed by atoms with Crippen LogP contribution in [0.15, 0.2) is 70.4 Å². The second kappa shape index (κ2) is 8.23. The second-order valence-electron chi connectivity index (χ2n) is 6.87. The van der Waals surface area contributed by atoms with Gasteiger partial charge in [0.05, 0.1) is 18.6 Å². The van der Waals surface area contributed by atoms with Gasteiger partial charge in [-0.25, -0.2) is 4.68 Å². The Kier molecular flexibility index (Phi) is 5.12. The van der Waals surface area contributed by atoms with Gasteiger partial charge in [0, 0.05) is 23.0 Å². The number of fused-ring (bicyclic) bond motifs is 3. The van der Waals surface area contributed by atoms with E-state index in [1.165, 1.54) is 16.4 Å². The molecule has 0 atom stereocenters. The Hall–Kier alpha value is -4.05. The average Bonchev–Trinajstić information content (AvgIpc) is 3.37. The van der Waals surface area contributed by atoms with E-state index in [2.05, 4.69) is 20.5 Å². The van der Waals surface area contributed by atoms with Gasteiger partial charge in [0.2, 0.25) is 16.9 Å². The molecule has 2 aromatic carbocycles. The first-order chi connectivity index (χ1) is 15.6. The quantitative estimate of drug-likeness (QED) is 0.299. The average molecular weight is 446 g/mol. The molecule has 0 aliphatic rings. The molecule has 0 aliphatic carbocycles. The number of carbonyl (C=O) groups excluding carboxylic acids is 1. The molecule has 0 radical (unpaired) electrons. The first kappa shape index (κ1) is 19.9. The third kappa shape index (κ3) is 3.60. The number of para-hydroxylation sites is 1. The van der Waals surface area contributed by atoms with Gasteiger partial charge in [0.1, 0.15) is 22.6 Å². The maximum Gasteiger partial charge on any atom is 0.234 e. The number of nitrogens with zero attached hydrogens (tertiary/aromatic N) is 4. The fraction of sp³-hybridized carbons (Fsp3) is 0.0909. The molecule has 5 aromatic rings. The first-order valence-corrected chi connectivity index (χ1v) is 10.7. The first-order valence-electron chi connectivity index (χ1n) is 9.68. The third-order valence-electron chi connectivity index (χ3n) is 4.86. The highest BCUT2D eigenvalue weighted by Gasteiger charge is 2.17. The highest BCUT2D eigenvalue weighted by atomic mass is 32.2. The van der Waals surface area contributed by atoms with Crippen LogP contribution < -0.4 is 15.9 Å². The van der Waals surface area contributed by atoms with Crippen LogP contribution in [0.2, 0.25) is 0 Å². The molecule has 0 bridgehead atoms. The van der Waals surface area contributed by atoms with Crippen LogP contribution in [-0.4, -0.2) is 38.6 Å². The van der Waals surface area contributed by atoms with Crippen molar-refractivity contribution < 1.29 is 13.9 Å². The fourth-order valence-corrected chi connectivity index (χ4v) is 4.04. The SMILES string of the molecule is COc1cc2c(cc1NC(=O)CSc1nnc(-c3ccccn3)n1N)oc1ccccc12. The summed E-state index contributed by atoms with van der Waals surface area (Å²) >= 11 is 1.17. The Morgan fingerprint density at radius 1 is 1.12 bits per heavy atom. The predicted octanol–water partition coefficient (Wildman–Crippen LogP) is 3.69. The lowest BCUT2D eigenvalue weighted by atomic mass is 10.1. The summed E-state index contributed by atoms with van der Waals surface area (Å²) in [6, 6.07) is 16.8. The number of hydrogen-bond donors (Lipinski definition) is 2. The van der Waals surface area contributed by atoms with E-state index in [-0.39, 0.29) is 11.7 Å². The maximum absolute atomic E-state index is 12.6. The molecule has 0 spiro atoms. The van der Waals surface area contributed by atoms with Crippen LogP contribution in [-0.2, 0) is 4.79 Å². The molecule has 32 heavy (non-hydrogen) atoms. The molecule has 1 amide bonds. The van der Waals surface area contributed by atoms with Crippen molar-refractivity contribution in [3.8, 4) is 17.3 Å². The summed E-state index contributed by atoms with van der Waals surface area (Å²) in [5.41, 5.74) is 2.56. The predicted molar refractivity (Wildman–Crippen MR) is 123 cm³/mol. The largest absolute Gasteiger partial charge is 0.495 e. The molecule has 0 aliphatic heterocycles. The molecular weight excluding hydrogens is 428 g/mol. The number of pyridine rings is 1. The summed E-state index contributed by atoms with van der Waals surface area (Å²) in [5, 5.41) is 13.3. The van der Waals surface area contributed by atoms with E-state index in [1.807, 2.05) is 36.4 Å². The number of hydrogen-bond acceptors (Lipinski definition) is 8. The number of rotatable bonds is 6. The van der Waals surface area contributed by atoms with Crippen LogP contribution in [0.3, 0.4) is 0 Å². The van der Waals surface area contributed by atoms with E-state index < -0.39 is 0 Å². The number of nitrogens with one attached hydrogen (secondary N) is 1. The van der Waals surface area contributed by atoms with Gasteiger partial charge >= 0.3 is 0 Å². The molecule has 160 valence electrons. The zero-order valence-corrected chi connectivity index (χ0v) is 17.8. The van der Waals surface area contributed by atoms with E-state index >= 15 is 0 Å². The van der Waals surface area contributed by atoms with Crippen molar-refractivity contribution in [2.45, 2.75) is 5.16 Å². The van der Waals surface area contributed by atoms with Gasteiger partial charge < -0.3 is 20.3 Å². The van der Waals surface area contributed by atoms with Gasteiger partial charge in [0.15, 0.2) is 0 Å². The molecular formula is C22H18N6O3S. The minimum atomic E-state index is -0.244. The second-order valence-corrected chi connectivity index (χ2v) is 7.82. The molecule has 0 unspecified atom stereocenters. The van der Waals surface area contributed by atoms with Gasteiger partial charge in [-0.2, -0.15) is 0 Å². The molecule has 0 saturated heterocycles. The lowest BCUT2D eigenvalue weighted by Crippen LogP contribution is -2.17. The van der Waals surface area contributed by atoms with Crippen molar-refractivity contribution in [3.05, 3.63) is 60.8 Å². The number of benzene rings is 2. The van der Waals surface area contributed by atoms with Crippen LogP contribution in [0.5, 0.6) is 5.75 Å². The fourth-order valence-electron chi connectivity index (χ4n) is 3.38. The van der Waals surface area contributed by atoms with E-state index in [0.29, 0.717) is 33.7 Å². The Bertz CT molecular complexity index is 1430. The zero-order valence-electron chi connectivity index (χ0n) is 17.0. The summed E-state index contributed by atoms with van der Waals surface area (Å²) in [6.07, 6.45) is 1.65. The standard InChI is InChI=1S/C22H18N6O3S/c1-30-19-10-14-13-6-2-3-8-17(13)31-18(14)11-16(19)25-20(29)12-32-22-27-26-21(28(22)23)15-7-4-5-9-24-15/h2-11H,12,23H2,1H3,(H,25,29). The van der Waals surface area contributed by atoms with E-state index in [0.717, 1.165) is 16.4 Å². The highest BCUT2D eigenvalue weighted by Crippen LogP contribution is 2.36. The number of furan rings is 1. The molecule has 3 heterocycles. The van der Waals surface area contributed by atoms with Crippen molar-refractivity contribution in [1.82, 2.24) is 19.9 Å². The third-order valence-corrected chi connectivity index (χ3v) is 5.81.